The molecule has 0 fully saturated rings. The number of H-pyrrole nitrogens is 1. The van der Waals surface area contributed by atoms with Gasteiger partial charge in [-0.2, -0.15) is 0 Å². The average molecular weight is 302 g/mol. The SMILES string of the molecule is O[C@@H](c1ccc(F)cc1)c1c[nH]cc1-c1ccccc1Cl. The Labute approximate surface area is 126 Å². The minimum atomic E-state index is -0.844. The minimum absolute atomic E-state index is 0.327. The molecule has 1 heterocycles. The van der Waals surface area contributed by atoms with Gasteiger partial charge in [-0.05, 0) is 23.8 Å². The highest BCUT2D eigenvalue weighted by atomic mass is 35.5. The van der Waals surface area contributed by atoms with Crippen LogP contribution in [0.4, 0.5) is 4.39 Å². The van der Waals surface area contributed by atoms with E-state index in [9.17, 15) is 9.50 Å². The Hall–Kier alpha value is -2.10. The van der Waals surface area contributed by atoms with Gasteiger partial charge in [-0.15, -0.1) is 0 Å². The van der Waals surface area contributed by atoms with Crippen molar-refractivity contribution in [1.29, 1.82) is 0 Å². The second-order valence-corrected chi connectivity index (χ2v) is 5.17. The largest absolute Gasteiger partial charge is 0.384 e. The molecular weight excluding hydrogens is 289 g/mol. The second kappa shape index (κ2) is 5.72. The van der Waals surface area contributed by atoms with Gasteiger partial charge in [-0.3, -0.25) is 0 Å². The summed E-state index contributed by atoms with van der Waals surface area (Å²) in [6, 6.07) is 13.3. The molecule has 1 atom stereocenters. The predicted molar refractivity (Wildman–Crippen MR) is 81.7 cm³/mol. The van der Waals surface area contributed by atoms with E-state index in [2.05, 4.69) is 4.98 Å². The summed E-state index contributed by atoms with van der Waals surface area (Å²) in [5.74, 6) is -0.327. The molecule has 1 aromatic heterocycles. The molecule has 0 amide bonds. The molecule has 0 bridgehead atoms. The molecule has 2 nitrogen and oxygen atoms in total. The van der Waals surface area contributed by atoms with Crippen LogP contribution in [0.3, 0.4) is 0 Å². The second-order valence-electron chi connectivity index (χ2n) is 4.76. The first kappa shape index (κ1) is 13.9. The predicted octanol–water partition coefficient (Wildman–Crippen LogP) is 4.56. The summed E-state index contributed by atoms with van der Waals surface area (Å²) in [6.07, 6.45) is 2.68. The van der Waals surface area contributed by atoms with Crippen LogP contribution in [0.15, 0.2) is 60.9 Å². The van der Waals surface area contributed by atoms with E-state index in [1.807, 2.05) is 18.2 Å². The number of hydrogen-bond acceptors (Lipinski definition) is 1. The minimum Gasteiger partial charge on any atom is -0.384 e. The summed E-state index contributed by atoms with van der Waals surface area (Å²) in [4.78, 5) is 2.99. The molecule has 0 radical (unpaired) electrons. The molecule has 106 valence electrons. The fourth-order valence-corrected chi connectivity index (χ4v) is 2.58. The van der Waals surface area contributed by atoms with Gasteiger partial charge in [0.2, 0.25) is 0 Å². The fourth-order valence-electron chi connectivity index (χ4n) is 2.34. The number of hydrogen-bond donors (Lipinski definition) is 2. The van der Waals surface area contributed by atoms with Crippen LogP contribution in [0, 0.1) is 5.82 Å². The lowest BCUT2D eigenvalue weighted by atomic mass is 9.97. The maximum Gasteiger partial charge on any atom is 0.123 e. The molecule has 0 saturated heterocycles. The van der Waals surface area contributed by atoms with Crippen molar-refractivity contribution < 1.29 is 9.50 Å². The number of aromatic nitrogens is 1. The zero-order chi connectivity index (χ0) is 14.8. The van der Waals surface area contributed by atoms with Gasteiger partial charge in [0.15, 0.2) is 0 Å². The Balaban J connectivity index is 2.03. The monoisotopic (exact) mass is 301 g/mol. The van der Waals surface area contributed by atoms with E-state index < -0.39 is 6.10 Å². The lowest BCUT2D eigenvalue weighted by Crippen LogP contribution is -2.00. The van der Waals surface area contributed by atoms with E-state index in [-0.39, 0.29) is 5.82 Å². The van der Waals surface area contributed by atoms with Crippen molar-refractivity contribution in [2.24, 2.45) is 0 Å². The normalized spacial score (nSPS) is 12.3. The lowest BCUT2D eigenvalue weighted by Gasteiger charge is -2.13. The zero-order valence-electron chi connectivity index (χ0n) is 11.1. The van der Waals surface area contributed by atoms with Gasteiger partial charge in [0.05, 0.1) is 0 Å². The smallest absolute Gasteiger partial charge is 0.123 e. The molecule has 0 spiro atoms. The summed E-state index contributed by atoms with van der Waals surface area (Å²) in [6.45, 7) is 0. The van der Waals surface area contributed by atoms with Crippen molar-refractivity contribution in [3.63, 3.8) is 0 Å². The third-order valence-corrected chi connectivity index (χ3v) is 3.75. The Kier molecular flexibility index (Phi) is 3.78. The molecule has 0 aliphatic rings. The quantitative estimate of drug-likeness (QED) is 0.731. The summed E-state index contributed by atoms with van der Waals surface area (Å²) in [5, 5.41) is 11.1. The fraction of sp³-hybridized carbons (Fsp3) is 0.0588. The van der Waals surface area contributed by atoms with Crippen LogP contribution < -0.4 is 0 Å². The van der Waals surface area contributed by atoms with Gasteiger partial charge in [-0.1, -0.05) is 41.9 Å². The maximum absolute atomic E-state index is 13.0. The van der Waals surface area contributed by atoms with E-state index in [0.717, 1.165) is 11.1 Å². The van der Waals surface area contributed by atoms with Crippen molar-refractivity contribution in [3.05, 3.63) is 82.9 Å². The molecule has 2 N–H and O–H groups in total. The lowest BCUT2D eigenvalue weighted by molar-refractivity contribution is 0.221. The van der Waals surface area contributed by atoms with Crippen molar-refractivity contribution in [3.8, 4) is 11.1 Å². The van der Waals surface area contributed by atoms with E-state index in [1.165, 1.54) is 12.1 Å². The van der Waals surface area contributed by atoms with E-state index in [0.29, 0.717) is 16.1 Å². The highest BCUT2D eigenvalue weighted by Gasteiger charge is 2.18. The van der Waals surface area contributed by atoms with Crippen LogP contribution in [0.25, 0.3) is 11.1 Å². The Morgan fingerprint density at radius 1 is 0.952 bits per heavy atom. The maximum atomic E-state index is 13.0. The standard InChI is InChI=1S/C17H13ClFNO/c18-16-4-2-1-3-13(16)14-9-20-10-15(14)17(21)11-5-7-12(19)8-6-11/h1-10,17,20-21H/t17-/m0/s1. The van der Waals surface area contributed by atoms with E-state index >= 15 is 0 Å². The summed E-state index contributed by atoms with van der Waals surface area (Å²) >= 11 is 6.21. The van der Waals surface area contributed by atoms with E-state index in [4.69, 9.17) is 11.6 Å². The van der Waals surface area contributed by atoms with Crippen LogP contribution in [-0.4, -0.2) is 10.1 Å². The Morgan fingerprint density at radius 2 is 1.67 bits per heavy atom. The number of nitrogens with one attached hydrogen (secondary N) is 1. The number of rotatable bonds is 3. The van der Waals surface area contributed by atoms with Crippen molar-refractivity contribution in [1.82, 2.24) is 4.98 Å². The molecule has 3 rings (SSSR count). The Bertz CT molecular complexity index is 751. The summed E-state index contributed by atoms with van der Waals surface area (Å²) < 4.78 is 13.0. The molecule has 0 saturated carbocycles. The molecule has 2 aromatic carbocycles. The molecule has 0 unspecified atom stereocenters. The van der Waals surface area contributed by atoms with Crippen LogP contribution in [0.5, 0.6) is 0 Å². The van der Waals surface area contributed by atoms with Gasteiger partial charge >= 0.3 is 0 Å². The highest BCUT2D eigenvalue weighted by molar-refractivity contribution is 6.33. The average Bonchev–Trinajstić information content (AvgIpc) is 2.97. The molecule has 3 aromatic rings. The van der Waals surface area contributed by atoms with Gasteiger partial charge in [0.25, 0.3) is 0 Å². The number of aliphatic hydroxyl groups is 1. The first-order chi connectivity index (χ1) is 10.2. The van der Waals surface area contributed by atoms with Crippen LogP contribution >= 0.6 is 11.6 Å². The molecular formula is C17H13ClFNO. The highest BCUT2D eigenvalue weighted by Crippen LogP contribution is 2.35. The first-order valence-electron chi connectivity index (χ1n) is 6.52. The van der Waals surface area contributed by atoms with Crippen molar-refractivity contribution >= 4 is 11.6 Å². The number of aromatic amines is 1. The Morgan fingerprint density at radius 3 is 2.38 bits per heavy atom. The molecule has 0 aliphatic carbocycles. The number of halogens is 2. The van der Waals surface area contributed by atoms with Gasteiger partial charge in [0.1, 0.15) is 11.9 Å². The van der Waals surface area contributed by atoms with Crippen LogP contribution in [0.1, 0.15) is 17.2 Å². The van der Waals surface area contributed by atoms with Gasteiger partial charge in [-0.25, -0.2) is 4.39 Å². The third kappa shape index (κ3) is 2.71. The molecule has 0 aliphatic heterocycles. The van der Waals surface area contributed by atoms with Gasteiger partial charge in [0, 0.05) is 34.1 Å². The van der Waals surface area contributed by atoms with Gasteiger partial charge < -0.3 is 10.1 Å². The van der Waals surface area contributed by atoms with Crippen molar-refractivity contribution in [2.75, 3.05) is 0 Å². The third-order valence-electron chi connectivity index (χ3n) is 3.42. The topological polar surface area (TPSA) is 36.0 Å². The number of benzene rings is 2. The number of aliphatic hydroxyl groups excluding tert-OH is 1. The van der Waals surface area contributed by atoms with Crippen molar-refractivity contribution in [2.45, 2.75) is 6.10 Å². The summed E-state index contributed by atoms with van der Waals surface area (Å²) in [7, 11) is 0. The van der Waals surface area contributed by atoms with Crippen LogP contribution in [0.2, 0.25) is 5.02 Å². The van der Waals surface area contributed by atoms with Crippen LogP contribution in [-0.2, 0) is 0 Å². The first-order valence-corrected chi connectivity index (χ1v) is 6.89. The zero-order valence-corrected chi connectivity index (χ0v) is 11.8. The molecule has 21 heavy (non-hydrogen) atoms. The van der Waals surface area contributed by atoms with E-state index in [1.54, 1.807) is 30.6 Å². The molecule has 4 heteroatoms. The summed E-state index contributed by atoms with van der Waals surface area (Å²) in [5.41, 5.74) is 3.01.